The number of methoxy groups -OCH3 is 1. The molecule has 1 rings (SSSR count). The Morgan fingerprint density at radius 2 is 2.06 bits per heavy atom. The smallest absolute Gasteiger partial charge is 0.417 e. The van der Waals surface area contributed by atoms with E-state index in [2.05, 4.69) is 4.74 Å². The van der Waals surface area contributed by atoms with Crippen LogP contribution >= 0.6 is 11.6 Å². The van der Waals surface area contributed by atoms with E-state index in [-0.39, 0.29) is 5.02 Å². The van der Waals surface area contributed by atoms with Crippen LogP contribution < -0.4 is 0 Å². The summed E-state index contributed by atoms with van der Waals surface area (Å²) < 4.78 is 42.0. The average Bonchev–Trinajstić information content (AvgIpc) is 2.25. The van der Waals surface area contributed by atoms with Gasteiger partial charge >= 0.3 is 12.1 Å². The van der Waals surface area contributed by atoms with E-state index in [1.54, 1.807) is 0 Å². The minimum absolute atomic E-state index is 0.263. The number of hydrogen-bond acceptors (Lipinski definition) is 3. The molecular weight excluding hydrogens is 259 g/mol. The van der Waals surface area contributed by atoms with Gasteiger partial charge in [-0.15, -0.1) is 0 Å². The molecule has 1 aromatic rings. The summed E-state index contributed by atoms with van der Waals surface area (Å²) in [7, 11) is 0.986. The first kappa shape index (κ1) is 13.3. The van der Waals surface area contributed by atoms with Crippen molar-refractivity contribution in [3.8, 4) is 6.07 Å². The van der Waals surface area contributed by atoms with Crippen LogP contribution in [0.4, 0.5) is 13.2 Å². The van der Waals surface area contributed by atoms with Crippen molar-refractivity contribution < 1.29 is 22.7 Å². The fourth-order valence-electron chi connectivity index (χ4n) is 1.23. The van der Waals surface area contributed by atoms with Gasteiger partial charge in [0.05, 0.1) is 28.8 Å². The van der Waals surface area contributed by atoms with Crippen molar-refractivity contribution in [2.45, 2.75) is 6.18 Å². The molecule has 7 heteroatoms. The van der Waals surface area contributed by atoms with Crippen molar-refractivity contribution in [3.05, 3.63) is 33.8 Å². The first-order valence-corrected chi connectivity index (χ1v) is 4.58. The van der Waals surface area contributed by atoms with Crippen molar-refractivity contribution in [2.75, 3.05) is 7.11 Å². The van der Waals surface area contributed by atoms with E-state index in [0.29, 0.717) is 6.07 Å². The van der Waals surface area contributed by atoms with Gasteiger partial charge in [0.2, 0.25) is 0 Å². The summed E-state index contributed by atoms with van der Waals surface area (Å²) >= 11 is 5.58. The highest BCUT2D eigenvalue weighted by molar-refractivity contribution is 6.34. The van der Waals surface area contributed by atoms with Gasteiger partial charge in [0.15, 0.2) is 0 Å². The van der Waals surface area contributed by atoms with Gasteiger partial charge in [-0.2, -0.15) is 18.4 Å². The molecule has 1 aromatic carbocycles. The molecule has 0 aromatic heterocycles. The molecule has 0 radical (unpaired) electrons. The minimum Gasteiger partial charge on any atom is -0.465 e. The maximum atomic E-state index is 12.6. The monoisotopic (exact) mass is 263 g/mol. The van der Waals surface area contributed by atoms with Crippen LogP contribution in [0.15, 0.2) is 12.1 Å². The Bertz CT molecular complexity index is 505. The Labute approximate surface area is 99.4 Å². The van der Waals surface area contributed by atoms with Gasteiger partial charge in [0.1, 0.15) is 6.07 Å². The predicted octanol–water partition coefficient (Wildman–Crippen LogP) is 3.02. The Morgan fingerprint density at radius 3 is 2.47 bits per heavy atom. The molecule has 3 nitrogen and oxygen atoms in total. The number of halogens is 4. The molecule has 0 aliphatic rings. The van der Waals surface area contributed by atoms with Gasteiger partial charge in [-0.1, -0.05) is 11.6 Å². The van der Waals surface area contributed by atoms with E-state index in [4.69, 9.17) is 16.9 Å². The maximum Gasteiger partial charge on any atom is 0.417 e. The lowest BCUT2D eigenvalue weighted by Gasteiger charge is -2.12. The molecule has 0 bridgehead atoms. The number of hydrogen-bond donors (Lipinski definition) is 0. The molecule has 17 heavy (non-hydrogen) atoms. The van der Waals surface area contributed by atoms with Crippen molar-refractivity contribution in [3.63, 3.8) is 0 Å². The molecule has 0 aliphatic heterocycles. The van der Waals surface area contributed by atoms with Gasteiger partial charge in [-0.25, -0.2) is 4.79 Å². The van der Waals surface area contributed by atoms with Crippen LogP contribution in [-0.2, 0) is 10.9 Å². The average molecular weight is 264 g/mol. The maximum absolute atomic E-state index is 12.6. The second kappa shape index (κ2) is 4.63. The summed E-state index contributed by atoms with van der Waals surface area (Å²) in [6.45, 7) is 0. The Kier molecular flexibility index (Phi) is 3.63. The molecule has 0 saturated heterocycles. The lowest BCUT2D eigenvalue weighted by molar-refractivity contribution is -0.137. The highest BCUT2D eigenvalue weighted by atomic mass is 35.5. The molecule has 0 N–H and O–H groups in total. The Balaban J connectivity index is 3.61. The summed E-state index contributed by atoms with van der Waals surface area (Å²) in [4.78, 5) is 11.3. The van der Waals surface area contributed by atoms with Gasteiger partial charge in [0.25, 0.3) is 0 Å². The van der Waals surface area contributed by atoms with Crippen LogP contribution in [0.2, 0.25) is 5.02 Å². The third-order valence-corrected chi connectivity index (χ3v) is 2.28. The number of rotatable bonds is 1. The summed E-state index contributed by atoms with van der Waals surface area (Å²) in [5, 5.41) is 8.45. The van der Waals surface area contributed by atoms with E-state index in [9.17, 15) is 18.0 Å². The fraction of sp³-hybridized carbons (Fsp3) is 0.200. The molecule has 0 heterocycles. The number of benzene rings is 1. The SMILES string of the molecule is COC(=O)c1c(Cl)ccc(C(F)(F)F)c1C#N. The molecule has 0 amide bonds. The zero-order chi connectivity index (χ0) is 13.2. The second-order valence-electron chi connectivity index (χ2n) is 2.95. The number of ether oxygens (including phenoxy) is 1. The van der Waals surface area contributed by atoms with Crippen molar-refractivity contribution in [1.82, 2.24) is 0 Å². The number of nitriles is 1. The van der Waals surface area contributed by atoms with E-state index >= 15 is 0 Å². The molecule has 0 saturated carbocycles. The van der Waals surface area contributed by atoms with Crippen LogP contribution in [0.1, 0.15) is 21.5 Å². The molecule has 0 aliphatic carbocycles. The molecule has 0 fully saturated rings. The Hall–Kier alpha value is -1.74. The first-order valence-electron chi connectivity index (χ1n) is 4.21. The fourth-order valence-corrected chi connectivity index (χ4v) is 1.47. The number of esters is 1. The molecule has 0 spiro atoms. The van der Waals surface area contributed by atoms with Gasteiger partial charge in [-0.05, 0) is 12.1 Å². The first-order chi connectivity index (χ1) is 7.82. The highest BCUT2D eigenvalue weighted by Crippen LogP contribution is 2.35. The van der Waals surface area contributed by atoms with Gasteiger partial charge in [-0.3, -0.25) is 0 Å². The van der Waals surface area contributed by atoms with Crippen LogP contribution in [0.3, 0.4) is 0 Å². The van der Waals surface area contributed by atoms with Crippen LogP contribution in [-0.4, -0.2) is 13.1 Å². The number of nitrogens with zero attached hydrogens (tertiary/aromatic N) is 1. The van der Waals surface area contributed by atoms with E-state index < -0.39 is 28.8 Å². The third-order valence-electron chi connectivity index (χ3n) is 1.96. The van der Waals surface area contributed by atoms with E-state index in [1.165, 1.54) is 6.07 Å². The largest absolute Gasteiger partial charge is 0.465 e. The molecule has 0 atom stereocenters. The minimum atomic E-state index is -4.74. The Morgan fingerprint density at radius 1 is 1.47 bits per heavy atom. The van der Waals surface area contributed by atoms with Crippen molar-refractivity contribution >= 4 is 17.6 Å². The van der Waals surface area contributed by atoms with Crippen LogP contribution in [0.5, 0.6) is 0 Å². The number of carbonyl (C=O) groups is 1. The van der Waals surface area contributed by atoms with Crippen molar-refractivity contribution in [2.24, 2.45) is 0 Å². The quantitative estimate of drug-likeness (QED) is 0.732. The normalized spacial score (nSPS) is 10.8. The van der Waals surface area contributed by atoms with Crippen molar-refractivity contribution in [1.29, 1.82) is 5.26 Å². The standard InChI is InChI=1S/C10H5ClF3NO2/c1-17-9(16)8-5(4-15)6(10(12,13)14)2-3-7(8)11/h2-3H,1H3. The van der Waals surface area contributed by atoms with Crippen LogP contribution in [0.25, 0.3) is 0 Å². The summed E-state index contributed by atoms with van der Waals surface area (Å²) in [5.74, 6) is -1.09. The zero-order valence-corrected chi connectivity index (χ0v) is 9.19. The van der Waals surface area contributed by atoms with Crippen LogP contribution in [0, 0.1) is 11.3 Å². The van der Waals surface area contributed by atoms with E-state index in [1.807, 2.05) is 0 Å². The summed E-state index contributed by atoms with van der Waals surface area (Å²) in [6, 6.07) is 2.87. The highest BCUT2D eigenvalue weighted by Gasteiger charge is 2.36. The lowest BCUT2D eigenvalue weighted by Crippen LogP contribution is -2.13. The summed E-state index contributed by atoms with van der Waals surface area (Å²) in [6.07, 6.45) is -4.74. The lowest BCUT2D eigenvalue weighted by atomic mass is 10.0. The molecule has 0 unspecified atom stereocenters. The van der Waals surface area contributed by atoms with E-state index in [0.717, 1.165) is 13.2 Å². The number of alkyl halides is 3. The van der Waals surface area contributed by atoms with Gasteiger partial charge in [0, 0.05) is 0 Å². The summed E-state index contributed by atoms with van der Waals surface area (Å²) in [5.41, 5.74) is -2.63. The second-order valence-corrected chi connectivity index (χ2v) is 3.35. The van der Waals surface area contributed by atoms with Gasteiger partial charge < -0.3 is 4.74 Å². The topological polar surface area (TPSA) is 50.1 Å². The predicted molar refractivity (Wildman–Crippen MR) is 52.5 cm³/mol. The molecular formula is C10H5ClF3NO2. The number of carbonyl (C=O) groups excluding carboxylic acids is 1. The zero-order valence-electron chi connectivity index (χ0n) is 8.43. The third kappa shape index (κ3) is 2.50. The molecule has 90 valence electrons.